The third kappa shape index (κ3) is 3.43. The van der Waals surface area contributed by atoms with E-state index >= 15 is 0 Å². The fourth-order valence-corrected chi connectivity index (χ4v) is 3.31. The van der Waals surface area contributed by atoms with Crippen molar-refractivity contribution in [2.24, 2.45) is 16.5 Å². The number of H-pyrrole nitrogens is 1. The Kier molecular flexibility index (Phi) is 5.61. The van der Waals surface area contributed by atoms with Gasteiger partial charge in [-0.05, 0) is 25.2 Å². The zero-order valence-corrected chi connectivity index (χ0v) is 16.0. The summed E-state index contributed by atoms with van der Waals surface area (Å²) in [6.45, 7) is 7.57. The van der Waals surface area contributed by atoms with Gasteiger partial charge in [0.1, 0.15) is 23.9 Å². The van der Waals surface area contributed by atoms with Crippen molar-refractivity contribution in [2.45, 2.75) is 19.4 Å². The van der Waals surface area contributed by atoms with E-state index in [9.17, 15) is 9.59 Å². The van der Waals surface area contributed by atoms with Crippen molar-refractivity contribution in [3.63, 3.8) is 0 Å². The van der Waals surface area contributed by atoms with Gasteiger partial charge < -0.3 is 26.1 Å². The van der Waals surface area contributed by atoms with Gasteiger partial charge in [-0.15, -0.1) is 0 Å². The minimum Gasteiger partial charge on any atom is -0.492 e. The molecule has 1 aliphatic heterocycles. The van der Waals surface area contributed by atoms with Crippen molar-refractivity contribution in [3.05, 3.63) is 24.0 Å². The molecular weight excluding hydrogens is 362 g/mol. The number of nitrogens with one attached hydrogen (secondary N) is 2. The first-order valence-corrected chi connectivity index (χ1v) is 9.17. The summed E-state index contributed by atoms with van der Waals surface area (Å²) in [6.07, 6.45) is 0. The number of aromatic amines is 1. The lowest BCUT2D eigenvalue weighted by molar-refractivity contribution is -0.123. The monoisotopic (exact) mass is 387 g/mol. The number of hydrogen-bond acceptors (Lipinski definition) is 7. The van der Waals surface area contributed by atoms with E-state index in [1.807, 2.05) is 0 Å². The molecular formula is C18H25N7O3. The Hall–Kier alpha value is -2.98. The minimum absolute atomic E-state index is 0.0397. The smallest absolute Gasteiger partial charge is 0.265 e. The number of rotatable bonds is 9. The maximum atomic E-state index is 12.2. The Morgan fingerprint density at radius 3 is 2.68 bits per heavy atom. The van der Waals surface area contributed by atoms with Crippen LogP contribution in [0.2, 0.25) is 0 Å². The van der Waals surface area contributed by atoms with Gasteiger partial charge >= 0.3 is 0 Å². The van der Waals surface area contributed by atoms with Crippen molar-refractivity contribution < 1.29 is 14.3 Å². The van der Waals surface area contributed by atoms with Crippen LogP contribution >= 0.6 is 0 Å². The minimum atomic E-state index is -1.67. The Balaban J connectivity index is 1.87. The first-order valence-electron chi connectivity index (χ1n) is 9.17. The van der Waals surface area contributed by atoms with Crippen LogP contribution in [0.15, 0.2) is 23.2 Å². The van der Waals surface area contributed by atoms with Gasteiger partial charge in [0.05, 0.1) is 17.7 Å². The number of hydrogen-bond donors (Lipinski definition) is 4. The third-order valence-corrected chi connectivity index (χ3v) is 4.92. The fourth-order valence-electron chi connectivity index (χ4n) is 3.31. The molecule has 1 aromatic carbocycles. The number of aromatic nitrogens is 2. The molecule has 6 N–H and O–H groups in total. The van der Waals surface area contributed by atoms with Crippen LogP contribution in [0, 0.1) is 0 Å². The van der Waals surface area contributed by atoms with E-state index in [2.05, 4.69) is 39.0 Å². The Bertz CT molecular complexity index is 919. The van der Waals surface area contributed by atoms with E-state index in [0.29, 0.717) is 23.4 Å². The van der Waals surface area contributed by atoms with Gasteiger partial charge in [0.15, 0.2) is 0 Å². The van der Waals surface area contributed by atoms with Crippen molar-refractivity contribution >= 4 is 28.6 Å². The molecule has 3 rings (SSSR count). The Labute approximate surface area is 162 Å². The summed E-state index contributed by atoms with van der Waals surface area (Å²) < 4.78 is 5.82. The molecule has 1 atom stereocenters. The van der Waals surface area contributed by atoms with E-state index in [-0.39, 0.29) is 18.2 Å². The molecule has 10 heteroatoms. The molecule has 0 bridgehead atoms. The van der Waals surface area contributed by atoms with Gasteiger partial charge in [-0.2, -0.15) is 0 Å². The summed E-state index contributed by atoms with van der Waals surface area (Å²) in [5, 5.41) is 2.84. The fraction of sp³-hybridized carbons (Fsp3) is 0.444. The van der Waals surface area contributed by atoms with Crippen LogP contribution in [0.1, 0.15) is 19.7 Å². The maximum absolute atomic E-state index is 12.2. The number of carbonyl (C=O) groups excluding carboxylic acids is 2. The summed E-state index contributed by atoms with van der Waals surface area (Å²) in [7, 11) is 0. The molecule has 1 unspecified atom stereocenters. The maximum Gasteiger partial charge on any atom is 0.265 e. The molecule has 2 heterocycles. The number of imidazole rings is 1. The molecule has 0 spiro atoms. The topological polar surface area (TPSA) is 152 Å². The van der Waals surface area contributed by atoms with Crippen LogP contribution < -0.4 is 21.5 Å². The van der Waals surface area contributed by atoms with Crippen LogP contribution in [0.4, 0.5) is 0 Å². The molecule has 0 saturated heterocycles. The van der Waals surface area contributed by atoms with E-state index in [4.69, 9.17) is 16.2 Å². The SMILES string of the molecule is CCN(CC)CCOc1ccc2nc(C3(C(N)=O)NCN=C3C(N)=O)[nH]c2c1. The van der Waals surface area contributed by atoms with E-state index in [0.717, 1.165) is 19.6 Å². The summed E-state index contributed by atoms with van der Waals surface area (Å²) in [4.78, 5) is 37.7. The van der Waals surface area contributed by atoms with E-state index in [1.165, 1.54) is 0 Å². The average molecular weight is 387 g/mol. The number of likely N-dealkylation sites (N-methyl/N-ethyl adjacent to an activating group) is 1. The molecule has 1 aliphatic rings. The highest BCUT2D eigenvalue weighted by Crippen LogP contribution is 2.28. The molecule has 0 radical (unpaired) electrons. The van der Waals surface area contributed by atoms with Gasteiger partial charge in [0.25, 0.3) is 11.8 Å². The normalized spacial score (nSPS) is 19.2. The second-order valence-electron chi connectivity index (χ2n) is 6.46. The largest absolute Gasteiger partial charge is 0.492 e. The number of benzene rings is 1. The number of fused-ring (bicyclic) bond motifs is 1. The highest BCUT2D eigenvalue weighted by Gasteiger charge is 2.51. The van der Waals surface area contributed by atoms with Crippen LogP contribution in [0.25, 0.3) is 11.0 Å². The average Bonchev–Trinajstić information content (AvgIpc) is 3.29. The van der Waals surface area contributed by atoms with Gasteiger partial charge in [0.2, 0.25) is 5.54 Å². The summed E-state index contributed by atoms with van der Waals surface area (Å²) in [5.74, 6) is -0.793. The predicted octanol–water partition coefficient (Wildman–Crippen LogP) is -0.549. The molecule has 10 nitrogen and oxygen atoms in total. The zero-order valence-electron chi connectivity index (χ0n) is 16.0. The predicted molar refractivity (Wildman–Crippen MR) is 105 cm³/mol. The van der Waals surface area contributed by atoms with E-state index in [1.54, 1.807) is 18.2 Å². The quantitative estimate of drug-likeness (QED) is 0.453. The Morgan fingerprint density at radius 2 is 2.04 bits per heavy atom. The number of nitrogens with zero attached hydrogens (tertiary/aromatic N) is 3. The molecule has 2 aromatic rings. The first kappa shape index (κ1) is 19.8. The second kappa shape index (κ2) is 7.95. The number of carbonyl (C=O) groups is 2. The number of aliphatic imine (C=N–C) groups is 1. The lowest BCUT2D eigenvalue weighted by Crippen LogP contribution is -2.58. The second-order valence-corrected chi connectivity index (χ2v) is 6.46. The number of amides is 2. The molecule has 1 aromatic heterocycles. The van der Waals surface area contributed by atoms with Crippen molar-refractivity contribution in [1.82, 2.24) is 20.2 Å². The molecule has 0 saturated carbocycles. The lowest BCUT2D eigenvalue weighted by atomic mass is 9.91. The van der Waals surface area contributed by atoms with Crippen LogP contribution in [-0.2, 0) is 15.1 Å². The zero-order chi connectivity index (χ0) is 20.3. The molecule has 150 valence electrons. The van der Waals surface area contributed by atoms with Crippen LogP contribution in [0.3, 0.4) is 0 Å². The summed E-state index contributed by atoms with van der Waals surface area (Å²) in [6, 6.07) is 5.36. The van der Waals surface area contributed by atoms with Gasteiger partial charge in [0, 0.05) is 12.6 Å². The highest BCUT2D eigenvalue weighted by atomic mass is 16.5. The summed E-state index contributed by atoms with van der Waals surface area (Å²) in [5.41, 5.74) is 10.4. The van der Waals surface area contributed by atoms with Crippen molar-refractivity contribution in [2.75, 3.05) is 32.9 Å². The van der Waals surface area contributed by atoms with Crippen molar-refractivity contribution in [1.29, 1.82) is 0 Å². The van der Waals surface area contributed by atoms with E-state index < -0.39 is 17.4 Å². The highest BCUT2D eigenvalue weighted by molar-refractivity contribution is 6.46. The van der Waals surface area contributed by atoms with Gasteiger partial charge in [-0.25, -0.2) is 4.98 Å². The molecule has 28 heavy (non-hydrogen) atoms. The number of primary amides is 2. The first-order chi connectivity index (χ1) is 13.4. The lowest BCUT2D eigenvalue weighted by Gasteiger charge is -2.23. The molecule has 0 fully saturated rings. The third-order valence-electron chi connectivity index (χ3n) is 4.92. The summed E-state index contributed by atoms with van der Waals surface area (Å²) >= 11 is 0. The van der Waals surface area contributed by atoms with Crippen molar-refractivity contribution in [3.8, 4) is 5.75 Å². The number of ether oxygens (including phenoxy) is 1. The Morgan fingerprint density at radius 1 is 1.29 bits per heavy atom. The van der Waals surface area contributed by atoms with Crippen LogP contribution in [0.5, 0.6) is 5.75 Å². The van der Waals surface area contributed by atoms with Gasteiger partial charge in [-0.3, -0.25) is 19.9 Å². The molecule has 0 aliphatic carbocycles. The number of nitrogens with two attached hydrogens (primary N) is 2. The van der Waals surface area contributed by atoms with Gasteiger partial charge in [-0.1, -0.05) is 13.8 Å². The van der Waals surface area contributed by atoms with Crippen LogP contribution in [-0.4, -0.2) is 65.3 Å². The molecule has 2 amide bonds. The standard InChI is InChI=1S/C18H25N7O3/c1-3-25(4-2)7-8-28-11-5-6-12-13(9-11)24-17(23-12)18(16(20)27)14(15(19)26)21-10-22-18/h5-6,9,22H,3-4,7-8,10H2,1-2H3,(H2,19,26)(H2,20,27)(H,23,24).